The van der Waals surface area contributed by atoms with E-state index in [1.165, 1.54) is 11.3 Å². The molecule has 0 atom stereocenters. The SMILES string of the molecule is COc1ccc(-n2c(O)c(N=Nc3ccc(C)cc3)sc2=S)cc1. The van der Waals surface area contributed by atoms with E-state index in [1.54, 1.807) is 11.7 Å². The van der Waals surface area contributed by atoms with Crippen LogP contribution in [0.4, 0.5) is 10.7 Å². The Morgan fingerprint density at radius 2 is 1.71 bits per heavy atom. The molecule has 0 saturated carbocycles. The Morgan fingerprint density at radius 1 is 1.04 bits per heavy atom. The van der Waals surface area contributed by atoms with Crippen molar-refractivity contribution in [1.82, 2.24) is 4.57 Å². The predicted octanol–water partition coefficient (Wildman–Crippen LogP) is 5.71. The summed E-state index contributed by atoms with van der Waals surface area (Å²) < 4.78 is 7.19. The molecule has 0 aliphatic rings. The summed E-state index contributed by atoms with van der Waals surface area (Å²) in [6, 6.07) is 14.9. The van der Waals surface area contributed by atoms with Gasteiger partial charge in [-0.3, -0.25) is 4.57 Å². The maximum absolute atomic E-state index is 10.4. The summed E-state index contributed by atoms with van der Waals surface area (Å²) in [5.74, 6) is 0.713. The van der Waals surface area contributed by atoms with Gasteiger partial charge in [-0.25, -0.2) is 0 Å². The van der Waals surface area contributed by atoms with Crippen molar-refractivity contribution < 1.29 is 9.84 Å². The van der Waals surface area contributed by atoms with Gasteiger partial charge in [-0.05, 0) is 55.5 Å². The second-order valence-corrected chi connectivity index (χ2v) is 6.69. The van der Waals surface area contributed by atoms with Gasteiger partial charge < -0.3 is 9.84 Å². The third-order valence-corrected chi connectivity index (χ3v) is 4.64. The molecule has 24 heavy (non-hydrogen) atoms. The van der Waals surface area contributed by atoms with Gasteiger partial charge in [0.05, 0.1) is 18.5 Å². The molecule has 3 rings (SSSR count). The molecule has 0 bridgehead atoms. The van der Waals surface area contributed by atoms with E-state index < -0.39 is 0 Å². The fourth-order valence-electron chi connectivity index (χ4n) is 2.09. The summed E-state index contributed by atoms with van der Waals surface area (Å²) in [5.41, 5.74) is 2.61. The summed E-state index contributed by atoms with van der Waals surface area (Å²) in [6.45, 7) is 2.01. The average Bonchev–Trinajstić information content (AvgIpc) is 2.88. The molecule has 7 heteroatoms. The second kappa shape index (κ2) is 6.94. The lowest BCUT2D eigenvalue weighted by molar-refractivity contribution is 0.414. The van der Waals surface area contributed by atoms with Gasteiger partial charge in [0.1, 0.15) is 5.75 Å². The predicted molar refractivity (Wildman–Crippen MR) is 98.1 cm³/mol. The highest BCUT2D eigenvalue weighted by Crippen LogP contribution is 2.38. The van der Waals surface area contributed by atoms with E-state index >= 15 is 0 Å². The summed E-state index contributed by atoms with van der Waals surface area (Å²) in [5, 5.41) is 19.1. The van der Waals surface area contributed by atoms with Gasteiger partial charge in [0.2, 0.25) is 10.9 Å². The fraction of sp³-hybridized carbons (Fsp3) is 0.118. The van der Waals surface area contributed by atoms with Crippen molar-refractivity contribution in [2.24, 2.45) is 10.2 Å². The van der Waals surface area contributed by atoms with Crippen molar-refractivity contribution in [1.29, 1.82) is 0 Å². The Balaban J connectivity index is 1.93. The minimum absolute atomic E-state index is 0.0222. The molecule has 1 heterocycles. The number of methoxy groups -OCH3 is 1. The smallest absolute Gasteiger partial charge is 0.236 e. The third kappa shape index (κ3) is 3.37. The number of benzene rings is 2. The molecule has 3 aromatic rings. The molecule has 0 amide bonds. The topological polar surface area (TPSA) is 59.1 Å². The van der Waals surface area contributed by atoms with Gasteiger partial charge in [0.25, 0.3) is 0 Å². The summed E-state index contributed by atoms with van der Waals surface area (Å²) in [6.07, 6.45) is 0. The zero-order valence-electron chi connectivity index (χ0n) is 13.1. The van der Waals surface area contributed by atoms with Crippen LogP contribution in [0.25, 0.3) is 5.69 Å². The highest BCUT2D eigenvalue weighted by molar-refractivity contribution is 7.73. The molecule has 122 valence electrons. The minimum atomic E-state index is -0.0222. The Hall–Kier alpha value is -2.51. The number of azo groups is 1. The number of aromatic nitrogens is 1. The Bertz CT molecular complexity index is 926. The van der Waals surface area contributed by atoms with Crippen LogP contribution in [0.2, 0.25) is 0 Å². The molecule has 0 aliphatic carbocycles. The molecule has 0 spiro atoms. The van der Waals surface area contributed by atoms with Crippen LogP contribution < -0.4 is 4.74 Å². The molecule has 0 unspecified atom stereocenters. The van der Waals surface area contributed by atoms with Crippen LogP contribution >= 0.6 is 23.6 Å². The first-order valence-corrected chi connectivity index (χ1v) is 8.38. The molecule has 5 nitrogen and oxygen atoms in total. The first-order chi connectivity index (χ1) is 11.6. The van der Waals surface area contributed by atoms with E-state index in [-0.39, 0.29) is 5.88 Å². The van der Waals surface area contributed by atoms with Crippen LogP contribution in [0.15, 0.2) is 58.8 Å². The molecule has 0 saturated heterocycles. The van der Waals surface area contributed by atoms with Crippen molar-refractivity contribution in [3.8, 4) is 17.3 Å². The van der Waals surface area contributed by atoms with Crippen LogP contribution in [0.1, 0.15) is 5.56 Å². The molecule has 1 N–H and O–H groups in total. The molecular weight excluding hydrogens is 342 g/mol. The van der Waals surface area contributed by atoms with Gasteiger partial charge >= 0.3 is 0 Å². The largest absolute Gasteiger partial charge is 0.497 e. The maximum atomic E-state index is 10.4. The van der Waals surface area contributed by atoms with Crippen molar-refractivity contribution in [2.75, 3.05) is 7.11 Å². The number of aromatic hydroxyl groups is 1. The maximum Gasteiger partial charge on any atom is 0.236 e. The van der Waals surface area contributed by atoms with Crippen LogP contribution in [-0.4, -0.2) is 16.8 Å². The number of ether oxygens (including phenoxy) is 1. The minimum Gasteiger partial charge on any atom is -0.497 e. The van der Waals surface area contributed by atoms with Crippen molar-refractivity contribution in [3.05, 3.63) is 58.0 Å². The third-order valence-electron chi connectivity index (χ3n) is 3.39. The molecule has 0 aliphatic heterocycles. The highest BCUT2D eigenvalue weighted by atomic mass is 32.1. The van der Waals surface area contributed by atoms with E-state index in [4.69, 9.17) is 17.0 Å². The van der Waals surface area contributed by atoms with E-state index in [0.29, 0.717) is 8.96 Å². The van der Waals surface area contributed by atoms with Gasteiger partial charge in [-0.2, -0.15) is 0 Å². The Labute approximate surface area is 148 Å². The van der Waals surface area contributed by atoms with Crippen molar-refractivity contribution in [3.63, 3.8) is 0 Å². The molecule has 2 aromatic carbocycles. The monoisotopic (exact) mass is 357 g/mol. The number of rotatable bonds is 4. The van der Waals surface area contributed by atoms with Gasteiger partial charge in [-0.1, -0.05) is 29.0 Å². The van der Waals surface area contributed by atoms with Crippen molar-refractivity contribution in [2.45, 2.75) is 6.92 Å². The van der Waals surface area contributed by atoms with Gasteiger partial charge in [0.15, 0.2) is 3.95 Å². The second-order valence-electron chi connectivity index (χ2n) is 5.07. The zero-order chi connectivity index (χ0) is 17.1. The standard InChI is InChI=1S/C17H15N3O2S2/c1-11-3-5-12(6-4-11)18-19-15-16(21)20(17(23)24-15)13-7-9-14(22-2)10-8-13/h3-10,21H,1-2H3. The van der Waals surface area contributed by atoms with E-state index in [2.05, 4.69) is 10.2 Å². The van der Waals surface area contributed by atoms with E-state index in [9.17, 15) is 5.11 Å². The van der Waals surface area contributed by atoms with E-state index in [0.717, 1.165) is 22.7 Å². The normalized spacial score (nSPS) is 11.1. The number of aryl methyl sites for hydroxylation is 1. The zero-order valence-corrected chi connectivity index (χ0v) is 14.8. The highest BCUT2D eigenvalue weighted by Gasteiger charge is 2.13. The van der Waals surface area contributed by atoms with Crippen LogP contribution in [0, 0.1) is 10.9 Å². The van der Waals surface area contributed by atoms with Crippen LogP contribution in [0.3, 0.4) is 0 Å². The molecule has 0 fully saturated rings. The Morgan fingerprint density at radius 3 is 2.33 bits per heavy atom. The van der Waals surface area contributed by atoms with Gasteiger partial charge in [-0.15, -0.1) is 10.2 Å². The molecular formula is C17H15N3O2S2. The first-order valence-electron chi connectivity index (χ1n) is 7.16. The van der Waals surface area contributed by atoms with Crippen LogP contribution in [0.5, 0.6) is 11.6 Å². The van der Waals surface area contributed by atoms with E-state index in [1.807, 2.05) is 55.5 Å². The summed E-state index contributed by atoms with van der Waals surface area (Å²) in [4.78, 5) is 0. The lowest BCUT2D eigenvalue weighted by Crippen LogP contribution is -1.92. The fourth-order valence-corrected chi connectivity index (χ4v) is 3.24. The molecule has 0 radical (unpaired) electrons. The summed E-state index contributed by atoms with van der Waals surface area (Å²) >= 11 is 6.54. The number of thiazole rings is 1. The summed E-state index contributed by atoms with van der Waals surface area (Å²) in [7, 11) is 1.60. The lowest BCUT2D eigenvalue weighted by Gasteiger charge is -2.05. The molecule has 1 aromatic heterocycles. The quantitative estimate of drug-likeness (QED) is 0.481. The number of nitrogens with zero attached hydrogens (tertiary/aromatic N) is 3. The first kappa shape index (κ1) is 16.4. The number of hydrogen-bond acceptors (Lipinski definition) is 6. The van der Waals surface area contributed by atoms with Gasteiger partial charge in [0, 0.05) is 0 Å². The number of hydrogen-bond donors (Lipinski definition) is 1. The Kier molecular flexibility index (Phi) is 4.73. The lowest BCUT2D eigenvalue weighted by atomic mass is 10.2. The van der Waals surface area contributed by atoms with Crippen LogP contribution in [-0.2, 0) is 0 Å². The van der Waals surface area contributed by atoms with Crippen molar-refractivity contribution >= 4 is 34.2 Å². The average molecular weight is 357 g/mol.